The van der Waals surface area contributed by atoms with E-state index >= 15 is 0 Å². The summed E-state index contributed by atoms with van der Waals surface area (Å²) in [5.74, 6) is 0.295. The highest BCUT2D eigenvalue weighted by molar-refractivity contribution is 6.00. The molecule has 0 fully saturated rings. The van der Waals surface area contributed by atoms with Gasteiger partial charge in [-0.2, -0.15) is 0 Å². The maximum atomic E-state index is 12.5. The third-order valence-electron chi connectivity index (χ3n) is 4.34. The molecular weight excluding hydrogens is 262 g/mol. The zero-order valence-electron chi connectivity index (χ0n) is 14.0. The normalized spacial score (nSPS) is 13.5. The Labute approximate surface area is 126 Å². The molecule has 0 aliphatic heterocycles. The minimum atomic E-state index is -0.134. The highest BCUT2D eigenvalue weighted by Gasteiger charge is 2.25. The van der Waals surface area contributed by atoms with Gasteiger partial charge < -0.3 is 9.73 Å². The molecule has 0 bridgehead atoms. The first kappa shape index (κ1) is 15.6. The predicted octanol–water partition coefficient (Wildman–Crippen LogP) is 4.52. The van der Waals surface area contributed by atoms with Gasteiger partial charge in [0, 0.05) is 17.0 Å². The van der Waals surface area contributed by atoms with E-state index in [9.17, 15) is 4.79 Å². The second kappa shape index (κ2) is 5.21. The molecule has 0 saturated carbocycles. The summed E-state index contributed by atoms with van der Waals surface area (Å²) in [4.78, 5) is 12.5. The lowest BCUT2D eigenvalue weighted by molar-refractivity contribution is 0.0883. The van der Waals surface area contributed by atoms with Crippen molar-refractivity contribution in [1.82, 2.24) is 5.32 Å². The van der Waals surface area contributed by atoms with Crippen molar-refractivity contribution in [1.29, 1.82) is 0 Å². The van der Waals surface area contributed by atoms with Crippen LogP contribution in [0.25, 0.3) is 11.0 Å². The summed E-state index contributed by atoms with van der Waals surface area (Å²) >= 11 is 0. The first-order chi connectivity index (χ1) is 9.62. The van der Waals surface area contributed by atoms with Gasteiger partial charge in [-0.25, -0.2) is 0 Å². The van der Waals surface area contributed by atoms with E-state index in [1.165, 1.54) is 0 Å². The fourth-order valence-electron chi connectivity index (χ4n) is 2.37. The van der Waals surface area contributed by atoms with Gasteiger partial charge in [0.1, 0.15) is 5.58 Å². The molecule has 3 nitrogen and oxygen atoms in total. The standard InChI is InChI=1S/C18H25NO2/c1-10-8-9-11(2)15-14(10)12(3)16(21-15)17(20)19-13(4)18(5,6)7/h8-9,13H,1-7H3,(H,19,20). The van der Waals surface area contributed by atoms with Crippen LogP contribution in [0.5, 0.6) is 0 Å². The van der Waals surface area contributed by atoms with Crippen molar-refractivity contribution in [2.24, 2.45) is 5.41 Å². The number of fused-ring (bicyclic) bond motifs is 1. The molecule has 3 heteroatoms. The number of rotatable bonds is 2. The van der Waals surface area contributed by atoms with Crippen LogP contribution in [0.3, 0.4) is 0 Å². The number of hydrogen-bond acceptors (Lipinski definition) is 2. The average molecular weight is 287 g/mol. The Morgan fingerprint density at radius 1 is 1.14 bits per heavy atom. The summed E-state index contributed by atoms with van der Waals surface area (Å²) in [5, 5.41) is 4.10. The molecule has 0 aliphatic carbocycles. The third kappa shape index (κ3) is 2.82. The largest absolute Gasteiger partial charge is 0.450 e. The van der Waals surface area contributed by atoms with E-state index in [-0.39, 0.29) is 17.4 Å². The Hall–Kier alpha value is -1.77. The lowest BCUT2D eigenvalue weighted by Gasteiger charge is -2.27. The second-order valence-electron chi connectivity index (χ2n) is 7.02. The van der Waals surface area contributed by atoms with Gasteiger partial charge in [0.05, 0.1) is 0 Å². The van der Waals surface area contributed by atoms with Crippen molar-refractivity contribution in [2.45, 2.75) is 54.5 Å². The summed E-state index contributed by atoms with van der Waals surface area (Å²) < 4.78 is 5.87. The van der Waals surface area contributed by atoms with Crippen molar-refractivity contribution in [2.75, 3.05) is 0 Å². The van der Waals surface area contributed by atoms with Crippen LogP contribution in [-0.4, -0.2) is 11.9 Å². The first-order valence-electron chi connectivity index (χ1n) is 7.43. The molecule has 2 rings (SSSR count). The first-order valence-corrected chi connectivity index (χ1v) is 7.43. The van der Waals surface area contributed by atoms with Gasteiger partial charge in [0.2, 0.25) is 0 Å². The number of amides is 1. The summed E-state index contributed by atoms with van der Waals surface area (Å²) in [6.07, 6.45) is 0. The third-order valence-corrected chi connectivity index (χ3v) is 4.34. The SMILES string of the molecule is Cc1ccc(C)c2c(C)c(C(=O)NC(C)C(C)(C)C)oc12. The number of benzene rings is 1. The Kier molecular flexibility index (Phi) is 3.87. The molecule has 1 atom stereocenters. The molecule has 2 aromatic rings. The van der Waals surface area contributed by atoms with Crippen LogP contribution in [-0.2, 0) is 0 Å². The highest BCUT2D eigenvalue weighted by Crippen LogP contribution is 2.31. The summed E-state index contributed by atoms with van der Waals surface area (Å²) in [6, 6.07) is 4.17. The molecule has 0 spiro atoms. The fourth-order valence-corrected chi connectivity index (χ4v) is 2.37. The monoisotopic (exact) mass is 287 g/mol. The summed E-state index contributed by atoms with van der Waals surface area (Å²) in [6.45, 7) is 14.3. The molecule has 1 N–H and O–H groups in total. The van der Waals surface area contributed by atoms with E-state index in [1.807, 2.05) is 33.8 Å². The Morgan fingerprint density at radius 2 is 1.71 bits per heavy atom. The molecule has 1 unspecified atom stereocenters. The Bertz CT molecular complexity index is 689. The van der Waals surface area contributed by atoms with Gasteiger partial charge in [0.25, 0.3) is 5.91 Å². The number of aryl methyl sites for hydroxylation is 3. The maximum absolute atomic E-state index is 12.5. The van der Waals surface area contributed by atoms with E-state index < -0.39 is 0 Å². The Morgan fingerprint density at radius 3 is 2.24 bits per heavy atom. The quantitative estimate of drug-likeness (QED) is 0.882. The smallest absolute Gasteiger partial charge is 0.287 e. The van der Waals surface area contributed by atoms with Crippen molar-refractivity contribution < 1.29 is 9.21 Å². The van der Waals surface area contributed by atoms with Crippen LogP contribution < -0.4 is 5.32 Å². The molecule has 1 aromatic heterocycles. The lowest BCUT2D eigenvalue weighted by Crippen LogP contribution is -2.41. The van der Waals surface area contributed by atoms with E-state index in [2.05, 4.69) is 32.2 Å². The summed E-state index contributed by atoms with van der Waals surface area (Å²) in [7, 11) is 0. The minimum Gasteiger partial charge on any atom is -0.450 e. The van der Waals surface area contributed by atoms with E-state index in [0.29, 0.717) is 5.76 Å². The van der Waals surface area contributed by atoms with Gasteiger partial charge in [-0.15, -0.1) is 0 Å². The molecule has 21 heavy (non-hydrogen) atoms. The predicted molar refractivity (Wildman–Crippen MR) is 86.8 cm³/mol. The van der Waals surface area contributed by atoms with Crippen molar-refractivity contribution in [3.63, 3.8) is 0 Å². The van der Waals surface area contributed by atoms with Crippen LogP contribution in [0.2, 0.25) is 0 Å². The van der Waals surface area contributed by atoms with Crippen LogP contribution in [0, 0.1) is 26.2 Å². The van der Waals surface area contributed by atoms with Gasteiger partial charge in [-0.05, 0) is 44.2 Å². The maximum Gasteiger partial charge on any atom is 0.287 e. The van der Waals surface area contributed by atoms with Crippen LogP contribution in [0.1, 0.15) is 54.9 Å². The van der Waals surface area contributed by atoms with Gasteiger partial charge >= 0.3 is 0 Å². The van der Waals surface area contributed by atoms with E-state index in [4.69, 9.17) is 4.42 Å². The number of carbonyl (C=O) groups excluding carboxylic acids is 1. The Balaban J connectivity index is 2.44. The molecule has 1 heterocycles. The van der Waals surface area contributed by atoms with Crippen molar-refractivity contribution >= 4 is 16.9 Å². The lowest BCUT2D eigenvalue weighted by atomic mass is 9.88. The topological polar surface area (TPSA) is 42.2 Å². The van der Waals surface area contributed by atoms with Crippen LogP contribution >= 0.6 is 0 Å². The molecule has 1 aromatic carbocycles. The number of nitrogens with one attached hydrogen (secondary N) is 1. The zero-order chi connectivity index (χ0) is 15.9. The van der Waals surface area contributed by atoms with E-state index in [1.54, 1.807) is 0 Å². The number of carbonyl (C=O) groups is 1. The minimum absolute atomic E-state index is 0.0153. The molecule has 0 aliphatic rings. The fraction of sp³-hybridized carbons (Fsp3) is 0.500. The average Bonchev–Trinajstić information content (AvgIpc) is 2.72. The van der Waals surface area contributed by atoms with Crippen LogP contribution in [0.15, 0.2) is 16.5 Å². The number of furan rings is 1. The van der Waals surface area contributed by atoms with Gasteiger partial charge in [-0.1, -0.05) is 32.9 Å². The van der Waals surface area contributed by atoms with E-state index in [0.717, 1.165) is 27.7 Å². The molecule has 1 amide bonds. The second-order valence-corrected chi connectivity index (χ2v) is 7.02. The zero-order valence-corrected chi connectivity index (χ0v) is 14.0. The van der Waals surface area contributed by atoms with Gasteiger partial charge in [0.15, 0.2) is 5.76 Å². The van der Waals surface area contributed by atoms with Gasteiger partial charge in [-0.3, -0.25) is 4.79 Å². The molecule has 0 saturated heterocycles. The highest BCUT2D eigenvalue weighted by atomic mass is 16.3. The van der Waals surface area contributed by atoms with Crippen LogP contribution in [0.4, 0.5) is 0 Å². The summed E-state index contributed by atoms with van der Waals surface area (Å²) in [5.41, 5.74) is 3.95. The number of hydrogen-bond donors (Lipinski definition) is 1. The molecular formula is C18H25NO2. The molecule has 0 radical (unpaired) electrons. The van der Waals surface area contributed by atoms with Crippen molar-refractivity contribution in [3.8, 4) is 0 Å². The van der Waals surface area contributed by atoms with Crippen molar-refractivity contribution in [3.05, 3.63) is 34.6 Å². The molecule has 114 valence electrons.